The standard InChI is InChI=1S/C20H16ClF2N3O3S/c1-29-17-5-2-11(8-14(17)21)16-10-30-20(25-16)26-18(27)6-7-24-19(28)13-4-3-12(22)9-15(13)23/h2-5,8-10H,6-7H2,1H3,(H,24,28)(H,25,26,27). The van der Waals surface area contributed by atoms with E-state index in [4.69, 9.17) is 16.3 Å². The summed E-state index contributed by atoms with van der Waals surface area (Å²) in [6, 6.07) is 7.89. The Bertz CT molecular complexity index is 1090. The van der Waals surface area contributed by atoms with Crippen LogP contribution < -0.4 is 15.4 Å². The van der Waals surface area contributed by atoms with Crippen molar-refractivity contribution in [1.82, 2.24) is 10.3 Å². The minimum absolute atomic E-state index is 0.0200. The second-order valence-electron chi connectivity index (χ2n) is 6.07. The van der Waals surface area contributed by atoms with Gasteiger partial charge in [0.05, 0.1) is 23.4 Å². The molecule has 1 heterocycles. The fourth-order valence-electron chi connectivity index (χ4n) is 2.53. The van der Waals surface area contributed by atoms with Crippen LogP contribution in [-0.2, 0) is 4.79 Å². The second kappa shape index (κ2) is 9.64. The van der Waals surface area contributed by atoms with Crippen LogP contribution in [0.2, 0.25) is 5.02 Å². The van der Waals surface area contributed by atoms with E-state index in [2.05, 4.69) is 15.6 Å². The summed E-state index contributed by atoms with van der Waals surface area (Å²) < 4.78 is 31.6. The first kappa shape index (κ1) is 21.7. The topological polar surface area (TPSA) is 80.3 Å². The number of carbonyl (C=O) groups excluding carboxylic acids is 2. The first-order valence-corrected chi connectivity index (χ1v) is 9.95. The van der Waals surface area contributed by atoms with Crippen LogP contribution in [-0.4, -0.2) is 30.5 Å². The lowest BCUT2D eigenvalue weighted by molar-refractivity contribution is -0.116. The van der Waals surface area contributed by atoms with E-state index in [0.29, 0.717) is 27.7 Å². The Morgan fingerprint density at radius 3 is 2.70 bits per heavy atom. The van der Waals surface area contributed by atoms with Crippen molar-refractivity contribution in [1.29, 1.82) is 0 Å². The number of benzene rings is 2. The Balaban J connectivity index is 1.52. The van der Waals surface area contributed by atoms with Crippen molar-refractivity contribution in [2.75, 3.05) is 19.0 Å². The van der Waals surface area contributed by atoms with Crippen molar-refractivity contribution in [3.8, 4) is 17.0 Å². The highest BCUT2D eigenvalue weighted by atomic mass is 35.5. The van der Waals surface area contributed by atoms with Gasteiger partial charge in [-0.25, -0.2) is 13.8 Å². The molecule has 1 aromatic heterocycles. The van der Waals surface area contributed by atoms with Gasteiger partial charge in [-0.2, -0.15) is 0 Å². The monoisotopic (exact) mass is 451 g/mol. The fraction of sp³-hybridized carbons (Fsp3) is 0.150. The molecule has 0 bridgehead atoms. The number of anilines is 1. The third-order valence-corrected chi connectivity index (χ3v) is 5.06. The highest BCUT2D eigenvalue weighted by Crippen LogP contribution is 2.31. The summed E-state index contributed by atoms with van der Waals surface area (Å²) in [5.41, 5.74) is 1.12. The average molecular weight is 452 g/mol. The molecule has 0 radical (unpaired) electrons. The number of carbonyl (C=O) groups is 2. The molecule has 0 unspecified atom stereocenters. The highest BCUT2D eigenvalue weighted by Gasteiger charge is 2.14. The van der Waals surface area contributed by atoms with E-state index < -0.39 is 17.5 Å². The molecule has 2 amide bonds. The molecule has 156 valence electrons. The number of halogens is 3. The zero-order valence-electron chi connectivity index (χ0n) is 15.7. The van der Waals surface area contributed by atoms with Crippen LogP contribution in [0.25, 0.3) is 11.3 Å². The van der Waals surface area contributed by atoms with E-state index in [9.17, 15) is 18.4 Å². The molecule has 10 heteroatoms. The van der Waals surface area contributed by atoms with E-state index in [1.807, 2.05) is 0 Å². The summed E-state index contributed by atoms with van der Waals surface area (Å²) in [4.78, 5) is 28.3. The molecule has 6 nitrogen and oxygen atoms in total. The summed E-state index contributed by atoms with van der Waals surface area (Å²) in [7, 11) is 1.52. The number of hydrogen-bond acceptors (Lipinski definition) is 5. The van der Waals surface area contributed by atoms with Gasteiger partial charge in [0.2, 0.25) is 5.91 Å². The van der Waals surface area contributed by atoms with Gasteiger partial charge in [0, 0.05) is 30.0 Å². The summed E-state index contributed by atoms with van der Waals surface area (Å²) >= 11 is 7.36. The van der Waals surface area contributed by atoms with E-state index in [0.717, 1.165) is 17.7 Å². The van der Waals surface area contributed by atoms with Gasteiger partial charge in [-0.3, -0.25) is 9.59 Å². The quantitative estimate of drug-likeness (QED) is 0.554. The van der Waals surface area contributed by atoms with E-state index >= 15 is 0 Å². The summed E-state index contributed by atoms with van der Waals surface area (Å²) in [6.45, 7) is -0.0200. The first-order chi connectivity index (χ1) is 14.4. The van der Waals surface area contributed by atoms with Gasteiger partial charge in [-0.1, -0.05) is 11.6 Å². The summed E-state index contributed by atoms with van der Waals surface area (Å²) in [5.74, 6) is -2.29. The van der Waals surface area contributed by atoms with Crippen LogP contribution >= 0.6 is 22.9 Å². The number of methoxy groups -OCH3 is 1. The fourth-order valence-corrected chi connectivity index (χ4v) is 3.52. The van der Waals surface area contributed by atoms with Gasteiger partial charge in [0.1, 0.15) is 17.4 Å². The van der Waals surface area contributed by atoms with Crippen LogP contribution in [0, 0.1) is 11.6 Å². The van der Waals surface area contributed by atoms with Gasteiger partial charge in [-0.15, -0.1) is 11.3 Å². The largest absolute Gasteiger partial charge is 0.495 e. The molecule has 2 N–H and O–H groups in total. The molecule has 0 aliphatic rings. The van der Waals surface area contributed by atoms with Crippen molar-refractivity contribution in [3.05, 3.63) is 64.0 Å². The normalized spacial score (nSPS) is 10.5. The zero-order valence-corrected chi connectivity index (χ0v) is 17.2. The lowest BCUT2D eigenvalue weighted by Gasteiger charge is -2.06. The molecule has 0 aliphatic carbocycles. The third-order valence-electron chi connectivity index (χ3n) is 4.01. The Morgan fingerprint density at radius 2 is 2.00 bits per heavy atom. The van der Waals surface area contributed by atoms with Gasteiger partial charge in [-0.05, 0) is 30.3 Å². The smallest absolute Gasteiger partial charge is 0.254 e. The van der Waals surface area contributed by atoms with Gasteiger partial charge < -0.3 is 15.4 Å². The number of aromatic nitrogens is 1. The predicted octanol–water partition coefficient (Wildman–Crippen LogP) is 4.51. The lowest BCUT2D eigenvalue weighted by Crippen LogP contribution is -2.28. The van der Waals surface area contributed by atoms with Gasteiger partial charge in [0.25, 0.3) is 5.91 Å². The van der Waals surface area contributed by atoms with E-state index in [1.54, 1.807) is 23.6 Å². The minimum atomic E-state index is -0.967. The molecule has 0 saturated carbocycles. The van der Waals surface area contributed by atoms with Crippen molar-refractivity contribution >= 4 is 39.9 Å². The maximum atomic E-state index is 13.6. The van der Waals surface area contributed by atoms with Crippen LogP contribution in [0.5, 0.6) is 5.75 Å². The molecular weight excluding hydrogens is 436 g/mol. The highest BCUT2D eigenvalue weighted by molar-refractivity contribution is 7.14. The Morgan fingerprint density at radius 1 is 1.20 bits per heavy atom. The van der Waals surface area contributed by atoms with Crippen LogP contribution in [0.1, 0.15) is 16.8 Å². The SMILES string of the molecule is COc1ccc(-c2csc(NC(=O)CCNC(=O)c3ccc(F)cc3F)n2)cc1Cl. The average Bonchev–Trinajstić information content (AvgIpc) is 3.16. The predicted molar refractivity (Wildman–Crippen MR) is 111 cm³/mol. The number of nitrogens with zero attached hydrogens (tertiary/aromatic N) is 1. The number of hydrogen-bond donors (Lipinski definition) is 2. The maximum Gasteiger partial charge on any atom is 0.254 e. The molecule has 2 aromatic carbocycles. The number of amides is 2. The van der Waals surface area contributed by atoms with Crippen molar-refractivity contribution in [2.24, 2.45) is 0 Å². The molecule has 0 saturated heterocycles. The summed E-state index contributed by atoms with van der Waals surface area (Å²) in [5, 5.41) is 7.66. The van der Waals surface area contributed by atoms with Crippen molar-refractivity contribution < 1.29 is 23.1 Å². The number of rotatable bonds is 7. The van der Waals surface area contributed by atoms with E-state index in [-0.39, 0.29) is 24.4 Å². The first-order valence-electron chi connectivity index (χ1n) is 8.70. The minimum Gasteiger partial charge on any atom is -0.495 e. The molecular formula is C20H16ClF2N3O3S. The van der Waals surface area contributed by atoms with E-state index in [1.165, 1.54) is 18.4 Å². The molecule has 0 aliphatic heterocycles. The van der Waals surface area contributed by atoms with Crippen LogP contribution in [0.15, 0.2) is 41.8 Å². The molecule has 0 spiro atoms. The molecule has 0 atom stereocenters. The van der Waals surface area contributed by atoms with Crippen molar-refractivity contribution in [3.63, 3.8) is 0 Å². The van der Waals surface area contributed by atoms with Crippen molar-refractivity contribution in [2.45, 2.75) is 6.42 Å². The molecule has 3 aromatic rings. The lowest BCUT2D eigenvalue weighted by atomic mass is 10.2. The van der Waals surface area contributed by atoms with Gasteiger partial charge >= 0.3 is 0 Å². The Labute approximate surface area is 179 Å². The maximum absolute atomic E-state index is 13.6. The van der Waals surface area contributed by atoms with Gasteiger partial charge in [0.15, 0.2) is 5.13 Å². The molecule has 3 rings (SSSR count). The number of thiazole rings is 1. The summed E-state index contributed by atoms with van der Waals surface area (Å²) in [6.07, 6.45) is -0.0438. The van der Waals surface area contributed by atoms with Crippen LogP contribution in [0.4, 0.5) is 13.9 Å². The number of ether oxygens (including phenoxy) is 1. The molecule has 0 fully saturated rings. The van der Waals surface area contributed by atoms with Crippen LogP contribution in [0.3, 0.4) is 0 Å². The zero-order chi connectivity index (χ0) is 21.7. The molecule has 30 heavy (non-hydrogen) atoms. The Kier molecular flexibility index (Phi) is 6.96. The third kappa shape index (κ3) is 5.31. The number of nitrogens with one attached hydrogen (secondary N) is 2. The Hall–Kier alpha value is -3.04. The second-order valence-corrected chi connectivity index (χ2v) is 7.33.